The summed E-state index contributed by atoms with van der Waals surface area (Å²) >= 11 is 0. The van der Waals surface area contributed by atoms with Gasteiger partial charge in [0.15, 0.2) is 11.6 Å². The predicted octanol–water partition coefficient (Wildman–Crippen LogP) is 2.94. The number of hydrogen-bond acceptors (Lipinski definition) is 6. The first kappa shape index (κ1) is 13.6. The Morgan fingerprint density at radius 3 is 2.67 bits per heavy atom. The molecule has 1 aliphatic rings. The molecule has 0 aliphatic heterocycles. The van der Waals surface area contributed by atoms with Gasteiger partial charge in [0.1, 0.15) is 12.0 Å². The number of aromatic nitrogens is 3. The van der Waals surface area contributed by atoms with Crippen molar-refractivity contribution in [1.82, 2.24) is 15.0 Å². The summed E-state index contributed by atoms with van der Waals surface area (Å²) in [5, 5.41) is 6.61. The average molecular weight is 284 g/mol. The van der Waals surface area contributed by atoms with E-state index in [2.05, 4.69) is 25.6 Å². The Bertz CT molecular complexity index is 580. The van der Waals surface area contributed by atoms with E-state index in [0.717, 1.165) is 5.69 Å². The fraction of sp³-hybridized carbons (Fsp3) is 0.400. The van der Waals surface area contributed by atoms with Crippen molar-refractivity contribution in [3.63, 3.8) is 0 Å². The van der Waals surface area contributed by atoms with E-state index in [1.807, 2.05) is 12.1 Å². The predicted molar refractivity (Wildman–Crippen MR) is 84.5 cm³/mol. The van der Waals surface area contributed by atoms with E-state index in [4.69, 9.17) is 5.73 Å². The third kappa shape index (κ3) is 3.39. The summed E-state index contributed by atoms with van der Waals surface area (Å²) < 4.78 is 0. The number of nitrogen functional groups attached to an aromatic ring is 1. The fourth-order valence-corrected chi connectivity index (χ4v) is 2.62. The van der Waals surface area contributed by atoms with E-state index in [0.29, 0.717) is 23.4 Å². The maximum absolute atomic E-state index is 6.18. The van der Waals surface area contributed by atoms with Crippen LogP contribution in [0.25, 0.3) is 0 Å². The number of hydrogen-bond donors (Lipinski definition) is 3. The summed E-state index contributed by atoms with van der Waals surface area (Å²) in [7, 11) is 0. The highest BCUT2D eigenvalue weighted by Crippen LogP contribution is 2.28. The SMILES string of the molecule is Nc1c(Nc2cccnc2)ncnc1NC1CCCCC1. The van der Waals surface area contributed by atoms with Crippen LogP contribution in [0.4, 0.5) is 23.0 Å². The van der Waals surface area contributed by atoms with Crippen LogP contribution in [0.1, 0.15) is 32.1 Å². The Labute approximate surface area is 124 Å². The lowest BCUT2D eigenvalue weighted by atomic mass is 9.95. The Morgan fingerprint density at radius 2 is 1.90 bits per heavy atom. The molecule has 0 spiro atoms. The van der Waals surface area contributed by atoms with E-state index < -0.39 is 0 Å². The average Bonchev–Trinajstić information content (AvgIpc) is 2.53. The minimum absolute atomic E-state index is 0.460. The van der Waals surface area contributed by atoms with Crippen LogP contribution in [0.15, 0.2) is 30.9 Å². The number of pyridine rings is 1. The van der Waals surface area contributed by atoms with Gasteiger partial charge >= 0.3 is 0 Å². The minimum Gasteiger partial charge on any atom is -0.393 e. The van der Waals surface area contributed by atoms with E-state index in [-0.39, 0.29) is 0 Å². The monoisotopic (exact) mass is 284 g/mol. The molecule has 1 saturated carbocycles. The summed E-state index contributed by atoms with van der Waals surface area (Å²) in [6.45, 7) is 0. The van der Waals surface area contributed by atoms with Gasteiger partial charge in [-0.3, -0.25) is 4.98 Å². The van der Waals surface area contributed by atoms with Gasteiger partial charge in [-0.1, -0.05) is 19.3 Å². The number of nitrogens with zero attached hydrogens (tertiary/aromatic N) is 3. The Balaban J connectivity index is 1.75. The molecule has 21 heavy (non-hydrogen) atoms. The highest BCUT2D eigenvalue weighted by atomic mass is 15.1. The van der Waals surface area contributed by atoms with Crippen molar-refractivity contribution in [2.75, 3.05) is 16.4 Å². The largest absolute Gasteiger partial charge is 0.393 e. The van der Waals surface area contributed by atoms with Crippen LogP contribution >= 0.6 is 0 Å². The smallest absolute Gasteiger partial charge is 0.159 e. The van der Waals surface area contributed by atoms with Crippen molar-refractivity contribution in [3.05, 3.63) is 30.9 Å². The summed E-state index contributed by atoms with van der Waals surface area (Å²) in [5.41, 5.74) is 7.58. The molecule has 2 heterocycles. The van der Waals surface area contributed by atoms with E-state index in [9.17, 15) is 0 Å². The lowest BCUT2D eigenvalue weighted by molar-refractivity contribution is 0.462. The third-order valence-electron chi connectivity index (χ3n) is 3.75. The Hall–Kier alpha value is -2.37. The van der Waals surface area contributed by atoms with Crippen LogP contribution in [0.3, 0.4) is 0 Å². The number of nitrogens with one attached hydrogen (secondary N) is 2. The van der Waals surface area contributed by atoms with Gasteiger partial charge in [0.2, 0.25) is 0 Å². The molecule has 1 aliphatic carbocycles. The van der Waals surface area contributed by atoms with Crippen LogP contribution in [0.5, 0.6) is 0 Å². The third-order valence-corrected chi connectivity index (χ3v) is 3.75. The highest BCUT2D eigenvalue weighted by Gasteiger charge is 2.16. The molecule has 0 atom stereocenters. The van der Waals surface area contributed by atoms with Crippen molar-refractivity contribution in [3.8, 4) is 0 Å². The van der Waals surface area contributed by atoms with Crippen LogP contribution < -0.4 is 16.4 Å². The lowest BCUT2D eigenvalue weighted by Crippen LogP contribution is -2.23. The minimum atomic E-state index is 0.460. The van der Waals surface area contributed by atoms with Gasteiger partial charge in [-0.2, -0.15) is 0 Å². The first-order valence-corrected chi connectivity index (χ1v) is 7.37. The van der Waals surface area contributed by atoms with Gasteiger partial charge < -0.3 is 16.4 Å². The number of anilines is 4. The molecule has 0 radical (unpaired) electrons. The maximum Gasteiger partial charge on any atom is 0.159 e. The molecule has 0 saturated heterocycles. The van der Waals surface area contributed by atoms with Crippen molar-refractivity contribution >= 4 is 23.0 Å². The maximum atomic E-state index is 6.18. The van der Waals surface area contributed by atoms with Gasteiger partial charge in [0, 0.05) is 12.2 Å². The summed E-state index contributed by atoms with van der Waals surface area (Å²) in [5.74, 6) is 1.32. The van der Waals surface area contributed by atoms with E-state index >= 15 is 0 Å². The summed E-state index contributed by atoms with van der Waals surface area (Å²) in [4.78, 5) is 12.5. The molecule has 110 valence electrons. The quantitative estimate of drug-likeness (QED) is 0.800. The first-order valence-electron chi connectivity index (χ1n) is 7.37. The molecule has 6 nitrogen and oxygen atoms in total. The molecule has 0 aromatic carbocycles. The van der Waals surface area contributed by atoms with Gasteiger partial charge in [-0.05, 0) is 25.0 Å². The van der Waals surface area contributed by atoms with Gasteiger partial charge in [-0.15, -0.1) is 0 Å². The van der Waals surface area contributed by atoms with Crippen LogP contribution in [-0.2, 0) is 0 Å². The lowest BCUT2D eigenvalue weighted by Gasteiger charge is -2.24. The normalized spacial score (nSPS) is 15.6. The molecule has 4 N–H and O–H groups in total. The molecule has 0 unspecified atom stereocenters. The molecular weight excluding hydrogens is 264 g/mol. The van der Waals surface area contributed by atoms with Crippen LogP contribution in [-0.4, -0.2) is 21.0 Å². The van der Waals surface area contributed by atoms with Crippen molar-refractivity contribution in [2.45, 2.75) is 38.1 Å². The Morgan fingerprint density at radius 1 is 1.10 bits per heavy atom. The molecule has 1 fully saturated rings. The van der Waals surface area contributed by atoms with Crippen molar-refractivity contribution in [2.24, 2.45) is 0 Å². The first-order chi connectivity index (χ1) is 10.3. The molecule has 2 aromatic heterocycles. The highest BCUT2D eigenvalue weighted by molar-refractivity contribution is 5.77. The second-order valence-corrected chi connectivity index (χ2v) is 5.33. The zero-order valence-electron chi connectivity index (χ0n) is 11.9. The number of nitrogens with two attached hydrogens (primary N) is 1. The molecule has 0 amide bonds. The second kappa shape index (κ2) is 6.39. The zero-order valence-corrected chi connectivity index (χ0v) is 11.9. The van der Waals surface area contributed by atoms with Crippen LogP contribution in [0, 0.1) is 0 Å². The fourth-order valence-electron chi connectivity index (χ4n) is 2.62. The topological polar surface area (TPSA) is 88.8 Å². The standard InChI is InChI=1S/C15H20N6/c16-13-14(20-11-5-2-1-3-6-11)18-10-19-15(13)21-12-7-4-8-17-9-12/h4,7-11H,1-3,5-6,16H2,(H2,18,19,20,21). The van der Waals surface area contributed by atoms with Gasteiger partial charge in [0.25, 0.3) is 0 Å². The van der Waals surface area contributed by atoms with E-state index in [1.54, 1.807) is 12.4 Å². The van der Waals surface area contributed by atoms with E-state index in [1.165, 1.54) is 38.4 Å². The molecular formula is C15H20N6. The van der Waals surface area contributed by atoms with Crippen molar-refractivity contribution < 1.29 is 0 Å². The summed E-state index contributed by atoms with van der Waals surface area (Å²) in [6, 6.07) is 4.24. The molecule has 3 rings (SSSR count). The Kier molecular flexibility index (Phi) is 4.14. The second-order valence-electron chi connectivity index (χ2n) is 5.33. The van der Waals surface area contributed by atoms with Gasteiger partial charge in [0.05, 0.1) is 11.9 Å². The van der Waals surface area contributed by atoms with Crippen molar-refractivity contribution in [1.29, 1.82) is 0 Å². The summed E-state index contributed by atoms with van der Waals surface area (Å²) in [6.07, 6.45) is 11.2. The molecule has 6 heteroatoms. The molecule has 2 aromatic rings. The zero-order chi connectivity index (χ0) is 14.5. The molecule has 0 bridgehead atoms. The number of rotatable bonds is 4. The van der Waals surface area contributed by atoms with Crippen LogP contribution in [0.2, 0.25) is 0 Å². The van der Waals surface area contributed by atoms with Gasteiger partial charge in [-0.25, -0.2) is 9.97 Å².